The summed E-state index contributed by atoms with van der Waals surface area (Å²) in [7, 11) is -2.90. The maximum atomic E-state index is 6.41. The van der Waals surface area contributed by atoms with Crippen molar-refractivity contribution < 1.29 is 13.3 Å². The molecule has 0 aliphatic heterocycles. The van der Waals surface area contributed by atoms with E-state index < -0.39 is 8.80 Å². The van der Waals surface area contributed by atoms with E-state index in [4.69, 9.17) is 13.3 Å². The molecule has 0 saturated heterocycles. The minimum Gasteiger partial charge on any atom is -0.370 e. The van der Waals surface area contributed by atoms with Crippen molar-refractivity contribution in [3.05, 3.63) is 22.8 Å². The first kappa shape index (κ1) is 24.5. The average molecular weight is 702 g/mol. The molecule has 0 aliphatic carbocycles. The molecule has 144 valence electrons. The lowest BCUT2D eigenvalue weighted by atomic mass is 10.4. The lowest BCUT2D eigenvalue weighted by Gasteiger charge is -2.31. The van der Waals surface area contributed by atoms with E-state index >= 15 is 0 Å². The fourth-order valence-corrected chi connectivity index (χ4v) is 8.09. The highest BCUT2D eigenvalue weighted by atomic mass is 127. The van der Waals surface area contributed by atoms with Crippen molar-refractivity contribution >= 4 is 81.8 Å². The Bertz CT molecular complexity index is 488. The van der Waals surface area contributed by atoms with Crippen molar-refractivity contribution in [2.24, 2.45) is 0 Å². The van der Waals surface area contributed by atoms with Gasteiger partial charge in [0.1, 0.15) is 0 Å². The first-order valence-corrected chi connectivity index (χ1v) is 14.0. The second kappa shape index (κ2) is 13.6. The molecule has 0 saturated carbocycles. The highest BCUT2D eigenvalue weighted by molar-refractivity contribution is 14.1. The summed E-state index contributed by atoms with van der Waals surface area (Å²) in [5.74, 6) is 0. The third-order valence-electron chi connectivity index (χ3n) is 3.71. The van der Waals surface area contributed by atoms with Crippen LogP contribution in [0.2, 0.25) is 0 Å². The lowest BCUT2D eigenvalue weighted by molar-refractivity contribution is 0.0698. The molecule has 3 nitrogen and oxygen atoms in total. The monoisotopic (exact) mass is 702 g/mol. The Hall–Kier alpha value is 1.51. The molecular formula is C18H29I3O3Si. The van der Waals surface area contributed by atoms with E-state index in [1.165, 1.54) is 10.7 Å². The van der Waals surface area contributed by atoms with Gasteiger partial charge in [0, 0.05) is 35.7 Å². The molecule has 1 aromatic rings. The van der Waals surface area contributed by atoms with E-state index in [2.05, 4.69) is 101 Å². The van der Waals surface area contributed by atoms with E-state index in [9.17, 15) is 0 Å². The summed E-state index contributed by atoms with van der Waals surface area (Å²) in [6.45, 7) is 8.62. The summed E-state index contributed by atoms with van der Waals surface area (Å²) < 4.78 is 22.9. The minimum absolute atomic E-state index is 0.694. The van der Waals surface area contributed by atoms with E-state index in [1.807, 2.05) is 0 Å². The summed E-state index contributed by atoms with van der Waals surface area (Å²) in [5.41, 5.74) is 0. The molecule has 7 heteroatoms. The van der Waals surface area contributed by atoms with Crippen molar-refractivity contribution in [3.8, 4) is 0 Å². The minimum atomic E-state index is -2.90. The zero-order chi connectivity index (χ0) is 18.7. The van der Waals surface area contributed by atoms with Crippen molar-refractivity contribution in [3.63, 3.8) is 0 Å². The third-order valence-corrected chi connectivity index (χ3v) is 10.8. The Morgan fingerprint density at radius 2 is 1.08 bits per heavy atom. The van der Waals surface area contributed by atoms with Gasteiger partial charge in [-0.2, -0.15) is 0 Å². The predicted molar refractivity (Wildman–Crippen MR) is 133 cm³/mol. The normalized spacial score (nSPS) is 11.9. The van der Waals surface area contributed by atoms with Gasteiger partial charge in [0.25, 0.3) is 0 Å². The molecule has 1 aromatic carbocycles. The summed E-state index contributed by atoms with van der Waals surface area (Å²) in [5, 5.41) is 1.13. The average Bonchev–Trinajstić information content (AvgIpc) is 2.58. The number of halogens is 3. The Labute approximate surface area is 195 Å². The topological polar surface area (TPSA) is 27.7 Å². The number of rotatable bonds is 13. The molecule has 0 atom stereocenters. The van der Waals surface area contributed by atoms with Gasteiger partial charge in [-0.15, -0.1) is 0 Å². The molecule has 0 bridgehead atoms. The number of hydrogen-bond donors (Lipinski definition) is 0. The number of unbranched alkanes of at least 4 members (excludes halogenated alkanes) is 3. The molecule has 0 aromatic heterocycles. The van der Waals surface area contributed by atoms with Crippen molar-refractivity contribution in [2.75, 3.05) is 19.8 Å². The second-order valence-electron chi connectivity index (χ2n) is 5.91. The van der Waals surface area contributed by atoms with Crippen LogP contribution in [0.15, 0.2) is 12.1 Å². The van der Waals surface area contributed by atoms with Gasteiger partial charge in [0.05, 0.1) is 0 Å². The maximum absolute atomic E-state index is 6.41. The van der Waals surface area contributed by atoms with Crippen molar-refractivity contribution in [2.45, 2.75) is 59.3 Å². The highest BCUT2D eigenvalue weighted by Gasteiger charge is 2.45. The SMILES string of the molecule is CCCCO[Si](OCCCC)(OCCCC)c1cc(I)c(I)cc1I. The molecule has 0 heterocycles. The fraction of sp³-hybridized carbons (Fsp3) is 0.667. The predicted octanol–water partition coefficient (Wildman–Crippen LogP) is 6.10. The first-order chi connectivity index (χ1) is 12.0. The molecule has 0 aliphatic rings. The van der Waals surface area contributed by atoms with E-state index in [1.54, 1.807) is 0 Å². The Morgan fingerprint density at radius 1 is 0.680 bits per heavy atom. The summed E-state index contributed by atoms with van der Waals surface area (Å²) in [6, 6.07) is 4.41. The van der Waals surface area contributed by atoms with Gasteiger partial charge >= 0.3 is 8.80 Å². The van der Waals surface area contributed by atoms with Gasteiger partial charge in [-0.05, 0) is 99.2 Å². The van der Waals surface area contributed by atoms with Crippen LogP contribution in [0.5, 0.6) is 0 Å². The van der Waals surface area contributed by atoms with Crippen LogP contribution in [0.25, 0.3) is 0 Å². The lowest BCUT2D eigenvalue weighted by Crippen LogP contribution is -2.58. The largest absolute Gasteiger partial charge is 0.538 e. The van der Waals surface area contributed by atoms with Gasteiger partial charge in [-0.1, -0.05) is 40.0 Å². The van der Waals surface area contributed by atoms with Crippen molar-refractivity contribution in [1.29, 1.82) is 0 Å². The van der Waals surface area contributed by atoms with Crippen LogP contribution < -0.4 is 5.19 Å². The molecule has 0 fully saturated rings. The molecule has 1 rings (SSSR count). The number of hydrogen-bond acceptors (Lipinski definition) is 3. The molecular weight excluding hydrogens is 673 g/mol. The molecule has 0 amide bonds. The summed E-state index contributed by atoms with van der Waals surface area (Å²) in [4.78, 5) is 0. The standard InChI is InChI=1S/C18H29I3O3Si/c1-4-7-10-22-25(23-11-8-5-2,24-12-9-6-3)18-14-16(20)15(19)13-17(18)21/h13-14H,4-12H2,1-3H3. The van der Waals surface area contributed by atoms with E-state index in [0.717, 1.165) is 43.7 Å². The Morgan fingerprint density at radius 3 is 1.48 bits per heavy atom. The maximum Gasteiger partial charge on any atom is 0.538 e. The van der Waals surface area contributed by atoms with Crippen LogP contribution in [0.1, 0.15) is 59.3 Å². The Kier molecular flexibility index (Phi) is 13.4. The molecule has 25 heavy (non-hydrogen) atoms. The van der Waals surface area contributed by atoms with Crippen LogP contribution in [0, 0.1) is 10.7 Å². The zero-order valence-electron chi connectivity index (χ0n) is 15.4. The van der Waals surface area contributed by atoms with Crippen LogP contribution in [-0.4, -0.2) is 28.6 Å². The molecule has 0 spiro atoms. The second-order valence-corrected chi connectivity index (χ2v) is 11.9. The smallest absolute Gasteiger partial charge is 0.370 e. The van der Waals surface area contributed by atoms with Gasteiger partial charge < -0.3 is 13.3 Å². The summed E-state index contributed by atoms with van der Waals surface area (Å²) in [6.07, 6.45) is 6.41. The van der Waals surface area contributed by atoms with Gasteiger partial charge in [0.15, 0.2) is 0 Å². The van der Waals surface area contributed by atoms with Gasteiger partial charge in [-0.3, -0.25) is 0 Å². The van der Waals surface area contributed by atoms with E-state index in [0.29, 0.717) is 19.8 Å². The summed E-state index contributed by atoms with van der Waals surface area (Å²) >= 11 is 7.16. The van der Waals surface area contributed by atoms with E-state index in [-0.39, 0.29) is 0 Å². The van der Waals surface area contributed by atoms with Crippen LogP contribution >= 0.6 is 67.8 Å². The van der Waals surface area contributed by atoms with Crippen molar-refractivity contribution in [1.82, 2.24) is 0 Å². The first-order valence-electron chi connectivity index (χ1n) is 9.07. The molecule has 0 radical (unpaired) electrons. The Balaban J connectivity index is 3.20. The van der Waals surface area contributed by atoms with Gasteiger partial charge in [-0.25, -0.2) is 0 Å². The molecule has 0 N–H and O–H groups in total. The fourth-order valence-electron chi connectivity index (χ4n) is 2.17. The van der Waals surface area contributed by atoms with Crippen LogP contribution in [0.4, 0.5) is 0 Å². The van der Waals surface area contributed by atoms with Crippen LogP contribution in [0.3, 0.4) is 0 Å². The number of benzene rings is 1. The van der Waals surface area contributed by atoms with Crippen LogP contribution in [-0.2, 0) is 13.3 Å². The zero-order valence-corrected chi connectivity index (χ0v) is 22.8. The van der Waals surface area contributed by atoms with Gasteiger partial charge in [0.2, 0.25) is 0 Å². The highest BCUT2D eigenvalue weighted by Crippen LogP contribution is 2.22. The quantitative estimate of drug-likeness (QED) is 0.108. The third kappa shape index (κ3) is 8.18. The molecule has 0 unspecified atom stereocenters.